The summed E-state index contributed by atoms with van der Waals surface area (Å²) in [5.41, 5.74) is 3.49. The highest BCUT2D eigenvalue weighted by Gasteiger charge is 2.57. The molecule has 0 aliphatic carbocycles. The molecule has 150 valence electrons. The number of hydrogen-bond acceptors (Lipinski definition) is 9. The third-order valence-electron chi connectivity index (χ3n) is 4.36. The van der Waals surface area contributed by atoms with E-state index in [4.69, 9.17) is 17.9 Å². The zero-order valence-corrected chi connectivity index (χ0v) is 15.7. The van der Waals surface area contributed by atoms with Crippen molar-refractivity contribution >= 4 is 17.3 Å². The number of aliphatic hydroxyl groups is 2. The van der Waals surface area contributed by atoms with Crippen LogP contribution >= 0.6 is 0 Å². The van der Waals surface area contributed by atoms with E-state index in [-0.39, 0.29) is 17.9 Å². The summed E-state index contributed by atoms with van der Waals surface area (Å²) in [6.07, 6.45) is -4.51. The van der Waals surface area contributed by atoms with E-state index in [2.05, 4.69) is 10.1 Å². The van der Waals surface area contributed by atoms with Crippen molar-refractivity contribution in [3.63, 3.8) is 0 Å². The maximum atomic E-state index is 12.1. The maximum Gasteiger partial charge on any atom is 0.306 e. The van der Waals surface area contributed by atoms with Gasteiger partial charge in [0, 0.05) is 0 Å². The van der Waals surface area contributed by atoms with Crippen molar-refractivity contribution in [3.05, 3.63) is 24.2 Å². The number of hydrogen-bond donors (Lipinski definition) is 3. The van der Waals surface area contributed by atoms with Crippen LogP contribution in [0.15, 0.2) is 18.5 Å². The summed E-state index contributed by atoms with van der Waals surface area (Å²) in [7, 11) is 0. The Morgan fingerprint density at radius 2 is 2.25 bits per heavy atom. The number of rotatable bonds is 4. The quantitative estimate of drug-likeness (QED) is 0.616. The van der Waals surface area contributed by atoms with Crippen molar-refractivity contribution in [3.8, 4) is 6.07 Å². The number of fused-ring (bicyclic) bond motifs is 1. The van der Waals surface area contributed by atoms with Crippen molar-refractivity contribution in [2.75, 3.05) is 12.3 Å². The number of nitriles is 1. The third-order valence-corrected chi connectivity index (χ3v) is 4.36. The average molecular weight is 391 g/mol. The van der Waals surface area contributed by atoms with Gasteiger partial charge in [0.25, 0.3) is 0 Å². The number of carbonyl (C=O) groups excluding carboxylic acids is 1. The van der Waals surface area contributed by atoms with Gasteiger partial charge in [0.05, 0.1) is 14.9 Å². The molecule has 10 heteroatoms. The number of ether oxygens (including phenoxy) is 2. The number of aliphatic hydroxyl groups excluding tert-OH is 2. The molecular formula is C18H23N5O5. The van der Waals surface area contributed by atoms with Crippen LogP contribution in [0.4, 0.5) is 5.82 Å². The Morgan fingerprint density at radius 1 is 1.54 bits per heavy atom. The van der Waals surface area contributed by atoms with Crippen molar-refractivity contribution in [2.24, 2.45) is 5.41 Å². The minimum atomic E-state index is -2.82. The van der Waals surface area contributed by atoms with Gasteiger partial charge in [0.1, 0.15) is 42.8 Å². The van der Waals surface area contributed by atoms with Crippen LogP contribution < -0.4 is 5.73 Å². The first-order valence-corrected chi connectivity index (χ1v) is 8.58. The molecule has 1 aliphatic heterocycles. The fourth-order valence-corrected chi connectivity index (χ4v) is 3.03. The molecule has 28 heavy (non-hydrogen) atoms. The molecule has 10 nitrogen and oxygen atoms in total. The van der Waals surface area contributed by atoms with Crippen molar-refractivity contribution in [1.29, 1.82) is 5.26 Å². The highest BCUT2D eigenvalue weighted by Crippen LogP contribution is 2.40. The lowest BCUT2D eigenvalue weighted by atomic mass is 9.92. The van der Waals surface area contributed by atoms with E-state index in [1.165, 1.54) is 16.6 Å². The molecule has 1 aliphatic rings. The van der Waals surface area contributed by atoms with Gasteiger partial charge in [-0.05, 0) is 17.5 Å². The van der Waals surface area contributed by atoms with Gasteiger partial charge in [-0.3, -0.25) is 4.79 Å². The second kappa shape index (κ2) is 7.01. The van der Waals surface area contributed by atoms with Gasteiger partial charge in [0.15, 0.2) is 5.82 Å². The van der Waals surface area contributed by atoms with Crippen LogP contribution in [0.3, 0.4) is 0 Å². The summed E-state index contributed by atoms with van der Waals surface area (Å²) >= 11 is 0. The van der Waals surface area contributed by atoms with E-state index < -0.39 is 41.9 Å². The molecule has 3 heterocycles. The molecule has 1 saturated heterocycles. The van der Waals surface area contributed by atoms with E-state index in [0.29, 0.717) is 5.52 Å². The topological polar surface area (TPSA) is 156 Å². The van der Waals surface area contributed by atoms with E-state index in [9.17, 15) is 20.3 Å². The van der Waals surface area contributed by atoms with E-state index >= 15 is 0 Å². The third kappa shape index (κ3) is 3.40. The highest BCUT2D eigenvalue weighted by atomic mass is 16.6. The molecular weight excluding hydrogens is 366 g/mol. The monoisotopic (exact) mass is 391 g/mol. The largest absolute Gasteiger partial charge is 0.463 e. The van der Waals surface area contributed by atoms with E-state index in [0.717, 1.165) is 6.33 Å². The highest BCUT2D eigenvalue weighted by molar-refractivity contribution is 5.70. The van der Waals surface area contributed by atoms with Gasteiger partial charge >= 0.3 is 5.97 Å². The summed E-state index contributed by atoms with van der Waals surface area (Å²) in [5.74, 6) is -0.735. The summed E-state index contributed by atoms with van der Waals surface area (Å²) in [6.45, 7) is 2.52. The molecule has 2 aromatic rings. The summed E-state index contributed by atoms with van der Waals surface area (Å²) in [6, 6.07) is 4.71. The lowest BCUT2D eigenvalue weighted by Gasteiger charge is -2.24. The molecule has 0 aromatic carbocycles. The van der Waals surface area contributed by atoms with E-state index in [1.807, 2.05) is 0 Å². The molecule has 4 atom stereocenters. The number of esters is 1. The zero-order chi connectivity index (χ0) is 22.5. The van der Waals surface area contributed by atoms with Gasteiger partial charge in [-0.1, -0.05) is 20.8 Å². The Morgan fingerprint density at radius 3 is 2.89 bits per heavy atom. The smallest absolute Gasteiger partial charge is 0.306 e. The van der Waals surface area contributed by atoms with Gasteiger partial charge in [0.2, 0.25) is 5.60 Å². The molecule has 0 bridgehead atoms. The number of carbonyl (C=O) groups is 1. The molecule has 3 rings (SSSR count). The van der Waals surface area contributed by atoms with Crippen molar-refractivity contribution in [2.45, 2.75) is 51.1 Å². The minimum Gasteiger partial charge on any atom is -0.463 e. The maximum absolute atomic E-state index is 12.1. The van der Waals surface area contributed by atoms with Gasteiger partial charge in [-0.15, -0.1) is 0 Å². The standard InChI is InChI=1S/C18H23N5O5/c1-17(2,3)6-13(24)27-7-11-14(25)15(26)18(8-19,28-11)12-5-4-10-16(20)21-9-22-23(10)12/h4-5,9,11,14-15,25-26H,6-7H2,1-3H3,(H2,20,21,22)/t11-,14-,15-,18+/m1/s1/i7D2. The SMILES string of the molecule is [2H]C([2H])(OC(=O)CC(C)(C)C)[C@H]1O[C@@](C#N)(c2ccc3c(N)ncnn23)[C@H](O)[C@@H]1O. The Labute approximate surface area is 164 Å². The Kier molecular flexibility index (Phi) is 4.35. The molecule has 4 N–H and O–H groups in total. The normalized spacial score (nSPS) is 29.2. The van der Waals surface area contributed by atoms with Gasteiger partial charge in [-0.25, -0.2) is 9.50 Å². The molecule has 0 amide bonds. The lowest BCUT2D eigenvalue weighted by Crippen LogP contribution is -2.41. The summed E-state index contributed by atoms with van der Waals surface area (Å²) < 4.78 is 27.9. The fourth-order valence-electron chi connectivity index (χ4n) is 3.03. The lowest BCUT2D eigenvalue weighted by molar-refractivity contribution is -0.152. The van der Waals surface area contributed by atoms with Crippen LogP contribution in [0.1, 0.15) is 35.6 Å². The molecule has 0 radical (unpaired) electrons. The molecule has 1 fully saturated rings. The van der Waals surface area contributed by atoms with Gasteiger partial charge in [-0.2, -0.15) is 10.4 Å². The Balaban J connectivity index is 1.97. The Hall–Kier alpha value is -2.74. The summed E-state index contributed by atoms with van der Waals surface area (Å²) in [5, 5.41) is 35.0. The minimum absolute atomic E-state index is 0.0139. The molecule has 0 spiro atoms. The average Bonchev–Trinajstić information content (AvgIpc) is 3.15. The molecule has 2 aromatic heterocycles. The first-order chi connectivity index (χ1) is 13.8. The first-order valence-electron chi connectivity index (χ1n) is 9.58. The van der Waals surface area contributed by atoms with Crippen LogP contribution in [0, 0.1) is 16.7 Å². The van der Waals surface area contributed by atoms with Crippen LogP contribution in [-0.4, -0.2) is 55.7 Å². The molecule has 0 saturated carbocycles. The number of nitrogens with two attached hydrogens (primary N) is 1. The predicted molar refractivity (Wildman–Crippen MR) is 96.6 cm³/mol. The van der Waals surface area contributed by atoms with Crippen molar-refractivity contribution in [1.82, 2.24) is 14.6 Å². The molecule has 0 unspecified atom stereocenters. The van der Waals surface area contributed by atoms with Crippen molar-refractivity contribution < 1.29 is 27.2 Å². The van der Waals surface area contributed by atoms with Crippen LogP contribution in [0.25, 0.3) is 5.52 Å². The van der Waals surface area contributed by atoms with E-state index in [1.54, 1.807) is 26.8 Å². The van der Waals surface area contributed by atoms with Crippen LogP contribution in [0.5, 0.6) is 0 Å². The number of nitrogens with zero attached hydrogens (tertiary/aromatic N) is 4. The summed E-state index contributed by atoms with van der Waals surface area (Å²) in [4.78, 5) is 16.0. The fraction of sp³-hybridized carbons (Fsp3) is 0.556. The number of nitrogen functional groups attached to an aromatic ring is 1. The second-order valence-electron chi connectivity index (χ2n) is 7.81. The Bertz CT molecular complexity index is 1010. The first kappa shape index (κ1) is 17.4. The van der Waals surface area contributed by atoms with Gasteiger partial charge < -0.3 is 25.4 Å². The predicted octanol–water partition coefficient (Wildman–Crippen LogP) is 0.130. The number of aromatic nitrogens is 3. The second-order valence-corrected chi connectivity index (χ2v) is 7.81. The van der Waals surface area contributed by atoms with Crippen LogP contribution in [-0.2, 0) is 19.9 Å². The van der Waals surface area contributed by atoms with Crippen LogP contribution in [0.2, 0.25) is 0 Å². The zero-order valence-electron chi connectivity index (χ0n) is 17.7. The number of anilines is 1.